The summed E-state index contributed by atoms with van der Waals surface area (Å²) in [5.41, 5.74) is 2.54. The number of nitrogens with zero attached hydrogens (tertiary/aromatic N) is 1. The van der Waals surface area contributed by atoms with Crippen molar-refractivity contribution in [2.45, 2.75) is 18.7 Å². The average Bonchev–Trinajstić information content (AvgIpc) is 2.95. The topological polar surface area (TPSA) is 37.4 Å². The zero-order valence-corrected chi connectivity index (χ0v) is 17.1. The normalized spacial score (nSPS) is 14.1. The molecule has 2 amide bonds. The highest BCUT2D eigenvalue weighted by Gasteiger charge is 2.41. The number of carbonyl (C=O) groups excluding carboxylic acids is 2. The van der Waals surface area contributed by atoms with Crippen LogP contribution in [-0.2, 0) is 9.59 Å². The van der Waals surface area contributed by atoms with Gasteiger partial charge in [-0.3, -0.25) is 9.59 Å². The standard InChI is InChI=1S/C24H17F2NO2S/c1-14-8-9-16(12-15(14)2)21-22(30-18-6-4-3-5-7-18)24(29)27(23(21)28)20-11-10-17(25)13-19(20)26/h3-13H,1-2H3. The molecule has 0 spiro atoms. The van der Waals surface area contributed by atoms with Crippen molar-refractivity contribution in [2.24, 2.45) is 0 Å². The van der Waals surface area contributed by atoms with Crippen LogP contribution >= 0.6 is 11.8 Å². The van der Waals surface area contributed by atoms with Gasteiger partial charge in [-0.15, -0.1) is 0 Å². The predicted molar refractivity (Wildman–Crippen MR) is 114 cm³/mol. The monoisotopic (exact) mass is 421 g/mol. The van der Waals surface area contributed by atoms with Crippen molar-refractivity contribution in [1.82, 2.24) is 0 Å². The highest BCUT2D eigenvalue weighted by molar-refractivity contribution is 8.04. The lowest BCUT2D eigenvalue weighted by atomic mass is 10.0. The molecule has 0 unspecified atom stereocenters. The molecule has 0 fully saturated rings. The summed E-state index contributed by atoms with van der Waals surface area (Å²) in [6.07, 6.45) is 0. The Morgan fingerprint density at radius 3 is 2.20 bits per heavy atom. The third-order valence-corrected chi connectivity index (χ3v) is 6.04. The second kappa shape index (κ2) is 7.88. The molecule has 0 bridgehead atoms. The fraction of sp³-hybridized carbons (Fsp3) is 0.0833. The Kier molecular flexibility index (Phi) is 5.26. The van der Waals surface area contributed by atoms with Gasteiger partial charge in [0, 0.05) is 11.0 Å². The summed E-state index contributed by atoms with van der Waals surface area (Å²) in [5.74, 6) is -3.02. The van der Waals surface area contributed by atoms with E-state index in [-0.39, 0.29) is 16.2 Å². The number of rotatable bonds is 4. The molecule has 0 N–H and O–H groups in total. The molecule has 0 saturated heterocycles. The maximum atomic E-state index is 14.4. The van der Waals surface area contributed by atoms with Gasteiger partial charge in [0.2, 0.25) is 0 Å². The number of halogens is 2. The van der Waals surface area contributed by atoms with Crippen molar-refractivity contribution in [3.05, 3.63) is 100.0 Å². The molecule has 0 saturated carbocycles. The van der Waals surface area contributed by atoms with E-state index in [1.807, 2.05) is 56.3 Å². The average molecular weight is 421 g/mol. The molecule has 0 radical (unpaired) electrons. The third kappa shape index (κ3) is 3.55. The van der Waals surface area contributed by atoms with Gasteiger partial charge in [0.25, 0.3) is 11.8 Å². The van der Waals surface area contributed by atoms with Crippen LogP contribution in [0.1, 0.15) is 16.7 Å². The molecule has 1 aliphatic rings. The van der Waals surface area contributed by atoms with Crippen LogP contribution in [-0.4, -0.2) is 11.8 Å². The third-order valence-electron chi connectivity index (χ3n) is 4.95. The van der Waals surface area contributed by atoms with E-state index < -0.39 is 23.4 Å². The van der Waals surface area contributed by atoms with E-state index in [0.29, 0.717) is 11.6 Å². The summed E-state index contributed by atoms with van der Waals surface area (Å²) in [7, 11) is 0. The number of amides is 2. The van der Waals surface area contributed by atoms with Crippen molar-refractivity contribution in [3.8, 4) is 0 Å². The second-order valence-corrected chi connectivity index (χ2v) is 8.04. The van der Waals surface area contributed by atoms with Crippen LogP contribution in [0, 0.1) is 25.5 Å². The van der Waals surface area contributed by atoms with Gasteiger partial charge in [-0.25, -0.2) is 13.7 Å². The molecule has 1 aliphatic heterocycles. The molecule has 0 aliphatic carbocycles. The van der Waals surface area contributed by atoms with Crippen LogP contribution in [0.5, 0.6) is 0 Å². The summed E-state index contributed by atoms with van der Waals surface area (Å²) in [6.45, 7) is 3.87. The number of hydrogen-bond acceptors (Lipinski definition) is 3. The first-order valence-electron chi connectivity index (χ1n) is 9.25. The minimum absolute atomic E-state index is 0.207. The van der Waals surface area contributed by atoms with Crippen LogP contribution in [0.25, 0.3) is 5.57 Å². The minimum atomic E-state index is -0.970. The summed E-state index contributed by atoms with van der Waals surface area (Å²) in [6, 6.07) is 17.5. The fourth-order valence-electron chi connectivity index (χ4n) is 3.24. The lowest BCUT2D eigenvalue weighted by molar-refractivity contribution is -0.119. The number of aryl methyl sites for hydroxylation is 2. The van der Waals surface area contributed by atoms with Crippen LogP contribution in [0.2, 0.25) is 0 Å². The molecule has 0 atom stereocenters. The van der Waals surface area contributed by atoms with Gasteiger partial charge < -0.3 is 0 Å². The lowest BCUT2D eigenvalue weighted by Gasteiger charge is -2.16. The van der Waals surface area contributed by atoms with Crippen molar-refractivity contribution >= 4 is 34.8 Å². The quantitative estimate of drug-likeness (QED) is 0.510. The molecular formula is C24H17F2NO2S. The predicted octanol–water partition coefficient (Wildman–Crippen LogP) is 5.66. The Morgan fingerprint density at radius 1 is 0.800 bits per heavy atom. The summed E-state index contributed by atoms with van der Waals surface area (Å²) < 4.78 is 27.8. The van der Waals surface area contributed by atoms with Crippen molar-refractivity contribution in [1.29, 1.82) is 0 Å². The lowest BCUT2D eigenvalue weighted by Crippen LogP contribution is -2.32. The Hall–Kier alpha value is -3.25. The molecule has 3 nitrogen and oxygen atoms in total. The first-order valence-corrected chi connectivity index (χ1v) is 10.1. The van der Waals surface area contributed by atoms with E-state index in [2.05, 4.69) is 0 Å². The SMILES string of the molecule is Cc1ccc(C2=C(Sc3ccccc3)C(=O)N(c3ccc(F)cc3F)C2=O)cc1C. The van der Waals surface area contributed by atoms with Gasteiger partial charge in [0.15, 0.2) is 0 Å². The smallest absolute Gasteiger partial charge is 0.268 e. The molecule has 4 rings (SSSR count). The molecule has 3 aromatic rings. The molecule has 6 heteroatoms. The largest absolute Gasteiger partial charge is 0.273 e. The fourth-order valence-corrected chi connectivity index (χ4v) is 4.26. The minimum Gasteiger partial charge on any atom is -0.268 e. The van der Waals surface area contributed by atoms with E-state index in [0.717, 1.165) is 44.8 Å². The highest BCUT2D eigenvalue weighted by Crippen LogP contribution is 2.42. The zero-order chi connectivity index (χ0) is 21.4. The number of thioether (sulfide) groups is 1. The number of hydrogen-bond donors (Lipinski definition) is 0. The first-order chi connectivity index (χ1) is 14.4. The van der Waals surface area contributed by atoms with Crippen LogP contribution in [0.4, 0.5) is 14.5 Å². The van der Waals surface area contributed by atoms with E-state index >= 15 is 0 Å². The zero-order valence-electron chi connectivity index (χ0n) is 16.3. The van der Waals surface area contributed by atoms with Crippen molar-refractivity contribution in [3.63, 3.8) is 0 Å². The van der Waals surface area contributed by atoms with Gasteiger partial charge in [0.05, 0.1) is 16.2 Å². The van der Waals surface area contributed by atoms with Gasteiger partial charge in [0.1, 0.15) is 11.6 Å². The molecule has 150 valence electrons. The second-order valence-electron chi connectivity index (χ2n) is 6.96. The Morgan fingerprint density at radius 2 is 1.53 bits per heavy atom. The van der Waals surface area contributed by atoms with Crippen molar-refractivity contribution < 1.29 is 18.4 Å². The highest BCUT2D eigenvalue weighted by atomic mass is 32.2. The molecule has 30 heavy (non-hydrogen) atoms. The Balaban J connectivity index is 1.86. The summed E-state index contributed by atoms with van der Waals surface area (Å²) in [5, 5.41) is 0. The summed E-state index contributed by atoms with van der Waals surface area (Å²) >= 11 is 1.15. The van der Waals surface area contributed by atoms with E-state index in [9.17, 15) is 18.4 Å². The molecule has 3 aromatic carbocycles. The number of benzene rings is 3. The van der Waals surface area contributed by atoms with Crippen LogP contribution < -0.4 is 4.90 Å². The summed E-state index contributed by atoms with van der Waals surface area (Å²) in [4.78, 5) is 28.3. The van der Waals surface area contributed by atoms with Gasteiger partial charge in [-0.05, 0) is 54.8 Å². The Bertz CT molecular complexity index is 1210. The van der Waals surface area contributed by atoms with Crippen LogP contribution in [0.15, 0.2) is 76.5 Å². The van der Waals surface area contributed by atoms with Gasteiger partial charge >= 0.3 is 0 Å². The maximum absolute atomic E-state index is 14.4. The number of imide groups is 1. The maximum Gasteiger partial charge on any atom is 0.273 e. The van der Waals surface area contributed by atoms with Crippen LogP contribution in [0.3, 0.4) is 0 Å². The van der Waals surface area contributed by atoms with E-state index in [1.165, 1.54) is 0 Å². The molecule has 1 heterocycles. The van der Waals surface area contributed by atoms with E-state index in [4.69, 9.17) is 0 Å². The van der Waals surface area contributed by atoms with Gasteiger partial charge in [-0.1, -0.05) is 48.2 Å². The Labute approximate surface area is 177 Å². The van der Waals surface area contributed by atoms with Crippen molar-refractivity contribution in [2.75, 3.05) is 4.90 Å². The first kappa shape index (κ1) is 20.0. The molecular weight excluding hydrogens is 404 g/mol. The number of anilines is 1. The number of carbonyl (C=O) groups is 2. The molecule has 0 aromatic heterocycles. The van der Waals surface area contributed by atoms with E-state index in [1.54, 1.807) is 6.07 Å². The van der Waals surface area contributed by atoms with Gasteiger partial charge in [-0.2, -0.15) is 0 Å².